The Bertz CT molecular complexity index is 459. The average molecular weight is 253 g/mol. The number of rotatable bonds is 4. The predicted molar refractivity (Wildman–Crippen MR) is 66.9 cm³/mol. The second-order valence-electron chi connectivity index (χ2n) is 3.06. The number of ether oxygens (including phenoxy) is 1. The topological polar surface area (TPSA) is 61.0 Å². The van der Waals surface area contributed by atoms with Gasteiger partial charge < -0.3 is 10.5 Å². The second-order valence-corrected chi connectivity index (χ2v) is 5.12. The van der Waals surface area contributed by atoms with Crippen molar-refractivity contribution in [2.45, 2.75) is 10.1 Å². The number of aromatic nitrogens is 2. The molecule has 84 valence electrons. The van der Waals surface area contributed by atoms with Crippen LogP contribution in [-0.2, 0) is 5.75 Å². The lowest BCUT2D eigenvalue weighted by atomic mass is 10.2. The highest BCUT2D eigenvalue weighted by atomic mass is 32.2. The van der Waals surface area contributed by atoms with Gasteiger partial charge in [0.05, 0.1) is 7.11 Å². The van der Waals surface area contributed by atoms with E-state index < -0.39 is 0 Å². The molecule has 0 aliphatic rings. The summed E-state index contributed by atoms with van der Waals surface area (Å²) in [5.41, 5.74) is 9.28. The molecule has 0 fully saturated rings. The van der Waals surface area contributed by atoms with E-state index in [0.717, 1.165) is 27.1 Å². The van der Waals surface area contributed by atoms with E-state index in [-0.39, 0.29) is 0 Å². The fraction of sp³-hybridized carbons (Fsp3) is 0.200. The van der Waals surface area contributed by atoms with Gasteiger partial charge in [-0.15, -0.1) is 10.2 Å². The number of nitrogen functional groups attached to an aromatic ring is 1. The third-order valence-electron chi connectivity index (χ3n) is 2.00. The Balaban J connectivity index is 2.11. The quantitative estimate of drug-likeness (QED) is 0.669. The highest BCUT2D eigenvalue weighted by Gasteiger charge is 2.05. The van der Waals surface area contributed by atoms with Gasteiger partial charge in [-0.3, -0.25) is 0 Å². The van der Waals surface area contributed by atoms with E-state index in [4.69, 9.17) is 10.5 Å². The number of nitrogens with zero attached hydrogens (tertiary/aromatic N) is 2. The highest BCUT2D eigenvalue weighted by Crippen LogP contribution is 2.29. The molecule has 1 aromatic carbocycles. The molecule has 0 bridgehead atoms. The zero-order valence-corrected chi connectivity index (χ0v) is 10.3. The molecule has 16 heavy (non-hydrogen) atoms. The molecule has 0 aliphatic heterocycles. The van der Waals surface area contributed by atoms with Gasteiger partial charge in [-0.25, -0.2) is 0 Å². The van der Waals surface area contributed by atoms with E-state index in [2.05, 4.69) is 10.2 Å². The van der Waals surface area contributed by atoms with Gasteiger partial charge in [0.2, 0.25) is 0 Å². The van der Waals surface area contributed by atoms with Crippen molar-refractivity contribution in [3.05, 3.63) is 29.3 Å². The molecule has 1 heterocycles. The van der Waals surface area contributed by atoms with Gasteiger partial charge >= 0.3 is 0 Å². The van der Waals surface area contributed by atoms with Crippen LogP contribution >= 0.6 is 23.1 Å². The first-order valence-corrected chi connectivity index (χ1v) is 6.47. The Morgan fingerprint density at radius 3 is 3.06 bits per heavy atom. The lowest BCUT2D eigenvalue weighted by Gasteiger charge is -2.07. The third kappa shape index (κ3) is 2.65. The summed E-state index contributed by atoms with van der Waals surface area (Å²) in [7, 11) is 1.66. The first-order chi connectivity index (χ1) is 7.79. The number of hydrogen-bond donors (Lipinski definition) is 1. The Kier molecular flexibility index (Phi) is 3.63. The van der Waals surface area contributed by atoms with E-state index in [1.54, 1.807) is 24.4 Å². The fourth-order valence-electron chi connectivity index (χ4n) is 1.28. The van der Waals surface area contributed by atoms with Gasteiger partial charge in [0, 0.05) is 17.0 Å². The summed E-state index contributed by atoms with van der Waals surface area (Å²) in [6.45, 7) is 0. The first-order valence-electron chi connectivity index (χ1n) is 4.61. The van der Waals surface area contributed by atoms with Crippen LogP contribution in [0.2, 0.25) is 0 Å². The zero-order valence-electron chi connectivity index (χ0n) is 8.71. The smallest absolute Gasteiger partial charge is 0.174 e. The standard InChI is InChI=1S/C10H11N3OS2/c1-14-9-3-2-8(11)4-7(9)5-15-10-13-12-6-16-10/h2-4,6H,5,11H2,1H3. The van der Waals surface area contributed by atoms with E-state index in [9.17, 15) is 0 Å². The maximum atomic E-state index is 5.74. The molecule has 0 saturated carbocycles. The molecule has 2 aromatic rings. The van der Waals surface area contributed by atoms with Crippen LogP contribution in [0.15, 0.2) is 28.0 Å². The average Bonchev–Trinajstić information content (AvgIpc) is 2.79. The minimum atomic E-state index is 0.744. The van der Waals surface area contributed by atoms with Crippen molar-refractivity contribution < 1.29 is 4.74 Å². The number of thioether (sulfide) groups is 1. The van der Waals surface area contributed by atoms with Crippen molar-refractivity contribution in [3.8, 4) is 5.75 Å². The predicted octanol–water partition coefficient (Wildman–Crippen LogP) is 2.42. The van der Waals surface area contributed by atoms with Crippen molar-refractivity contribution in [1.82, 2.24) is 10.2 Å². The highest BCUT2D eigenvalue weighted by molar-refractivity contribution is 8.00. The fourth-order valence-corrected chi connectivity index (χ4v) is 2.74. The van der Waals surface area contributed by atoms with Crippen molar-refractivity contribution in [2.24, 2.45) is 0 Å². The Morgan fingerprint density at radius 2 is 2.38 bits per heavy atom. The summed E-state index contributed by atoms with van der Waals surface area (Å²) < 4.78 is 6.22. The lowest BCUT2D eigenvalue weighted by Crippen LogP contribution is -1.93. The van der Waals surface area contributed by atoms with Gasteiger partial charge in [0.1, 0.15) is 11.3 Å². The number of methoxy groups -OCH3 is 1. The number of nitrogens with two attached hydrogens (primary N) is 1. The summed E-state index contributed by atoms with van der Waals surface area (Å²) in [6.07, 6.45) is 0. The molecule has 0 amide bonds. The number of benzene rings is 1. The minimum absolute atomic E-state index is 0.744. The van der Waals surface area contributed by atoms with Crippen LogP contribution in [0, 0.1) is 0 Å². The van der Waals surface area contributed by atoms with Crippen molar-refractivity contribution in [2.75, 3.05) is 12.8 Å². The molecule has 0 radical (unpaired) electrons. The molecule has 2 N–H and O–H groups in total. The molecule has 2 rings (SSSR count). The van der Waals surface area contributed by atoms with Crippen LogP contribution in [0.3, 0.4) is 0 Å². The van der Waals surface area contributed by atoms with E-state index in [1.165, 1.54) is 11.3 Å². The van der Waals surface area contributed by atoms with Gasteiger partial charge in [0.25, 0.3) is 0 Å². The monoisotopic (exact) mass is 253 g/mol. The Labute approximate surface area is 102 Å². The second kappa shape index (κ2) is 5.18. The Hall–Kier alpha value is -1.27. The van der Waals surface area contributed by atoms with Crippen LogP contribution in [-0.4, -0.2) is 17.3 Å². The molecule has 0 unspecified atom stereocenters. The summed E-state index contributed by atoms with van der Waals surface area (Å²) in [5, 5.41) is 7.75. The minimum Gasteiger partial charge on any atom is -0.496 e. The van der Waals surface area contributed by atoms with E-state index >= 15 is 0 Å². The van der Waals surface area contributed by atoms with Gasteiger partial charge in [-0.05, 0) is 18.2 Å². The first kappa shape index (κ1) is 11.2. The molecule has 6 heteroatoms. The van der Waals surface area contributed by atoms with E-state index in [0.29, 0.717) is 0 Å². The van der Waals surface area contributed by atoms with Gasteiger partial charge in [-0.2, -0.15) is 0 Å². The maximum absolute atomic E-state index is 5.74. The Morgan fingerprint density at radius 1 is 1.50 bits per heavy atom. The zero-order chi connectivity index (χ0) is 11.4. The van der Waals surface area contributed by atoms with Crippen LogP contribution in [0.1, 0.15) is 5.56 Å². The van der Waals surface area contributed by atoms with Gasteiger partial charge in [-0.1, -0.05) is 23.1 Å². The summed E-state index contributed by atoms with van der Waals surface area (Å²) >= 11 is 3.16. The third-order valence-corrected chi connectivity index (χ3v) is 3.90. The molecule has 0 atom stereocenters. The molecular weight excluding hydrogens is 242 g/mol. The number of anilines is 1. The van der Waals surface area contributed by atoms with Crippen molar-refractivity contribution in [3.63, 3.8) is 0 Å². The molecular formula is C10H11N3OS2. The summed E-state index contributed by atoms with van der Waals surface area (Å²) in [6, 6.07) is 5.64. The number of hydrogen-bond acceptors (Lipinski definition) is 6. The van der Waals surface area contributed by atoms with Gasteiger partial charge in [0.15, 0.2) is 4.34 Å². The van der Waals surface area contributed by atoms with Crippen LogP contribution in [0.4, 0.5) is 5.69 Å². The van der Waals surface area contributed by atoms with Crippen molar-refractivity contribution >= 4 is 28.8 Å². The van der Waals surface area contributed by atoms with Crippen LogP contribution in [0.5, 0.6) is 5.75 Å². The molecule has 1 aromatic heterocycles. The molecule has 0 aliphatic carbocycles. The largest absolute Gasteiger partial charge is 0.496 e. The van der Waals surface area contributed by atoms with Crippen molar-refractivity contribution in [1.29, 1.82) is 0 Å². The van der Waals surface area contributed by atoms with Crippen LogP contribution < -0.4 is 10.5 Å². The van der Waals surface area contributed by atoms with E-state index in [1.807, 2.05) is 18.2 Å². The maximum Gasteiger partial charge on any atom is 0.174 e. The normalized spacial score (nSPS) is 10.3. The SMILES string of the molecule is COc1ccc(N)cc1CSc1nncs1. The summed E-state index contributed by atoms with van der Waals surface area (Å²) in [5.74, 6) is 1.63. The molecule has 4 nitrogen and oxygen atoms in total. The van der Waals surface area contributed by atoms with Crippen LogP contribution in [0.25, 0.3) is 0 Å². The summed E-state index contributed by atoms with van der Waals surface area (Å²) in [4.78, 5) is 0. The lowest BCUT2D eigenvalue weighted by molar-refractivity contribution is 0.411. The molecule has 0 spiro atoms. The molecule has 0 saturated heterocycles.